The second-order valence-electron chi connectivity index (χ2n) is 7.57. The van der Waals surface area contributed by atoms with Gasteiger partial charge in [-0.2, -0.15) is 8.78 Å². The molecule has 2 atom stereocenters. The summed E-state index contributed by atoms with van der Waals surface area (Å²) in [5.41, 5.74) is -0.285. The van der Waals surface area contributed by atoms with Crippen molar-refractivity contribution >= 4 is 27.8 Å². The van der Waals surface area contributed by atoms with Crippen LogP contribution in [0.2, 0.25) is 0 Å². The fraction of sp³-hybridized carbons (Fsp3) is 0.545. The first-order valence-corrected chi connectivity index (χ1v) is 11.0. The van der Waals surface area contributed by atoms with Crippen LogP contribution in [0.4, 0.5) is 8.78 Å². The zero-order chi connectivity index (χ0) is 22.1. The second-order valence-corrected chi connectivity index (χ2v) is 8.48. The Morgan fingerprint density at radius 1 is 1.30 bits per heavy atom. The molecule has 5 nitrogen and oxygen atoms in total. The number of aliphatic hydroxyl groups is 1. The number of hydrogen-bond acceptors (Lipinski definition) is 3. The average molecular weight is 488 g/mol. The molecule has 0 spiro atoms. The number of carbonyl (C=O) groups excluding carboxylic acids is 1. The molecule has 0 saturated carbocycles. The molecule has 1 heterocycles. The molecule has 1 saturated heterocycles. The predicted octanol–water partition coefficient (Wildman–Crippen LogP) is 4.87. The quantitative estimate of drug-likeness (QED) is 0.344. The molecule has 1 amide bonds. The Labute approximate surface area is 183 Å². The van der Waals surface area contributed by atoms with E-state index in [1.165, 1.54) is 24.3 Å². The third kappa shape index (κ3) is 7.16. The minimum Gasteiger partial charge on any atom is -0.481 e. The maximum absolute atomic E-state index is 14.6. The smallest absolute Gasteiger partial charge is 0.303 e. The Morgan fingerprint density at radius 3 is 2.73 bits per heavy atom. The van der Waals surface area contributed by atoms with Gasteiger partial charge >= 0.3 is 11.9 Å². The number of amides is 1. The van der Waals surface area contributed by atoms with Crippen molar-refractivity contribution in [2.75, 3.05) is 6.54 Å². The van der Waals surface area contributed by atoms with Crippen molar-refractivity contribution in [3.63, 3.8) is 0 Å². The Hall–Kier alpha value is -1.80. The number of alkyl halides is 2. The minimum absolute atomic E-state index is 0.0188. The molecular weight excluding hydrogens is 460 g/mol. The lowest BCUT2D eigenvalue weighted by Crippen LogP contribution is -2.43. The summed E-state index contributed by atoms with van der Waals surface area (Å²) in [5, 5.41) is 18.8. The van der Waals surface area contributed by atoms with Gasteiger partial charge in [0.25, 0.3) is 0 Å². The molecule has 1 aliphatic heterocycles. The van der Waals surface area contributed by atoms with Gasteiger partial charge in [-0.15, -0.1) is 0 Å². The minimum atomic E-state index is -3.45. The van der Waals surface area contributed by atoms with Crippen LogP contribution in [0, 0.1) is 0 Å². The fourth-order valence-electron chi connectivity index (χ4n) is 3.57. The van der Waals surface area contributed by atoms with Crippen molar-refractivity contribution in [2.45, 2.75) is 69.4 Å². The van der Waals surface area contributed by atoms with Crippen LogP contribution in [0.5, 0.6) is 0 Å². The largest absolute Gasteiger partial charge is 0.481 e. The third-order valence-electron chi connectivity index (χ3n) is 5.25. The molecule has 1 aromatic rings. The summed E-state index contributed by atoms with van der Waals surface area (Å²) in [7, 11) is 0. The maximum Gasteiger partial charge on any atom is 0.303 e. The topological polar surface area (TPSA) is 77.8 Å². The molecule has 1 fully saturated rings. The summed E-state index contributed by atoms with van der Waals surface area (Å²) in [6, 6.07) is 5.34. The molecule has 0 bridgehead atoms. The third-order valence-corrected chi connectivity index (χ3v) is 5.74. The van der Waals surface area contributed by atoms with Crippen molar-refractivity contribution in [1.29, 1.82) is 0 Å². The molecule has 0 aliphatic carbocycles. The van der Waals surface area contributed by atoms with Gasteiger partial charge in [0.1, 0.15) is 6.10 Å². The highest BCUT2D eigenvalue weighted by atomic mass is 79.9. The lowest BCUT2D eigenvalue weighted by Gasteiger charge is -2.34. The summed E-state index contributed by atoms with van der Waals surface area (Å²) in [5.74, 6) is -4.28. The highest BCUT2D eigenvalue weighted by molar-refractivity contribution is 9.10. The number of rotatable bonds is 11. The van der Waals surface area contributed by atoms with Crippen LogP contribution in [-0.2, 0) is 15.5 Å². The Balaban J connectivity index is 1.95. The van der Waals surface area contributed by atoms with Gasteiger partial charge in [-0.25, -0.2) is 0 Å². The van der Waals surface area contributed by atoms with Crippen LogP contribution in [0.15, 0.2) is 40.9 Å². The highest BCUT2D eigenvalue weighted by Gasteiger charge is 2.39. The fourth-order valence-corrected chi connectivity index (χ4v) is 3.97. The van der Waals surface area contributed by atoms with Gasteiger partial charge in [0, 0.05) is 29.4 Å². The van der Waals surface area contributed by atoms with E-state index in [-0.39, 0.29) is 23.9 Å². The average Bonchev–Trinajstić information content (AvgIpc) is 2.69. The number of piperidine rings is 1. The monoisotopic (exact) mass is 487 g/mol. The van der Waals surface area contributed by atoms with Crippen molar-refractivity contribution < 1.29 is 28.6 Å². The molecule has 1 aliphatic rings. The summed E-state index contributed by atoms with van der Waals surface area (Å²) in [4.78, 5) is 24.5. The molecule has 1 unspecified atom stereocenters. The van der Waals surface area contributed by atoms with Crippen LogP contribution in [0.25, 0.3) is 0 Å². The Kier molecular flexibility index (Phi) is 9.42. The molecule has 166 valence electrons. The van der Waals surface area contributed by atoms with Crippen LogP contribution < -0.4 is 0 Å². The number of carboxylic acids is 1. The van der Waals surface area contributed by atoms with E-state index in [0.29, 0.717) is 36.7 Å². The van der Waals surface area contributed by atoms with Gasteiger partial charge in [-0.05, 0) is 37.8 Å². The van der Waals surface area contributed by atoms with E-state index in [1.54, 1.807) is 11.0 Å². The predicted molar refractivity (Wildman–Crippen MR) is 113 cm³/mol. The van der Waals surface area contributed by atoms with Gasteiger partial charge in [-0.3, -0.25) is 9.59 Å². The molecule has 1 aromatic carbocycles. The lowest BCUT2D eigenvalue weighted by atomic mass is 9.98. The van der Waals surface area contributed by atoms with Crippen LogP contribution in [-0.4, -0.2) is 45.7 Å². The molecular formula is C22H28BrF2NO4. The van der Waals surface area contributed by atoms with E-state index in [4.69, 9.17) is 5.11 Å². The van der Waals surface area contributed by atoms with E-state index in [9.17, 15) is 23.5 Å². The van der Waals surface area contributed by atoms with Gasteiger partial charge < -0.3 is 15.1 Å². The first-order chi connectivity index (χ1) is 14.2. The van der Waals surface area contributed by atoms with Gasteiger partial charge in [0.2, 0.25) is 5.91 Å². The van der Waals surface area contributed by atoms with Gasteiger partial charge in [0.05, 0.1) is 6.04 Å². The first-order valence-electron chi connectivity index (χ1n) is 10.2. The van der Waals surface area contributed by atoms with E-state index < -0.39 is 18.0 Å². The number of likely N-dealkylation sites (tertiary alicyclic amines) is 1. The van der Waals surface area contributed by atoms with Crippen molar-refractivity contribution in [3.05, 3.63) is 46.5 Å². The number of carboxylic acid groups (broad SMARTS) is 1. The zero-order valence-electron chi connectivity index (χ0n) is 16.8. The highest BCUT2D eigenvalue weighted by Crippen LogP contribution is 2.34. The summed E-state index contributed by atoms with van der Waals surface area (Å²) in [6.07, 6.45) is 5.42. The van der Waals surface area contributed by atoms with Crippen LogP contribution in [0.3, 0.4) is 0 Å². The van der Waals surface area contributed by atoms with Crippen LogP contribution in [0.1, 0.15) is 56.9 Å². The van der Waals surface area contributed by atoms with E-state index in [2.05, 4.69) is 15.9 Å². The number of halogens is 3. The first kappa shape index (κ1) is 24.5. The lowest BCUT2D eigenvalue weighted by molar-refractivity contribution is -0.137. The molecule has 30 heavy (non-hydrogen) atoms. The van der Waals surface area contributed by atoms with E-state index >= 15 is 0 Å². The molecule has 0 aromatic heterocycles. The second kappa shape index (κ2) is 11.6. The molecule has 2 N–H and O–H groups in total. The van der Waals surface area contributed by atoms with Crippen molar-refractivity contribution in [2.24, 2.45) is 0 Å². The number of carbonyl (C=O) groups is 2. The summed E-state index contributed by atoms with van der Waals surface area (Å²) < 4.78 is 29.7. The maximum atomic E-state index is 14.6. The standard InChI is InChI=1S/C22H28BrF2NO4/c23-17-8-5-7-16(15-17)22(24,25)19(27)13-12-18-9-6-10-20(28)26(18)14-4-2-1-3-11-21(29)30/h5,7-8,12-13,15,18-19,27H,1-4,6,9-11,14H2,(H,29,30)/t18-,19?/m1/s1. The van der Waals surface area contributed by atoms with Crippen molar-refractivity contribution in [1.82, 2.24) is 4.90 Å². The van der Waals surface area contributed by atoms with Crippen molar-refractivity contribution in [3.8, 4) is 0 Å². The Morgan fingerprint density at radius 2 is 2.03 bits per heavy atom. The summed E-state index contributed by atoms with van der Waals surface area (Å²) in [6.45, 7) is 0.499. The number of aliphatic hydroxyl groups excluding tert-OH is 1. The zero-order valence-corrected chi connectivity index (χ0v) is 18.4. The van der Waals surface area contributed by atoms with Gasteiger partial charge in [0.15, 0.2) is 0 Å². The normalized spacial score (nSPS) is 18.7. The summed E-state index contributed by atoms with van der Waals surface area (Å²) >= 11 is 3.16. The number of aliphatic carboxylic acids is 1. The van der Waals surface area contributed by atoms with Crippen LogP contribution >= 0.6 is 15.9 Å². The number of unbranched alkanes of at least 4 members (excludes halogenated alkanes) is 3. The number of nitrogens with zero attached hydrogens (tertiary/aromatic N) is 1. The SMILES string of the molecule is O=C(O)CCCCCCN1C(=O)CCC[C@@H]1C=CC(O)C(F)(F)c1cccc(Br)c1. The van der Waals surface area contributed by atoms with E-state index in [0.717, 1.165) is 25.3 Å². The Bertz CT molecular complexity index is 756. The van der Waals surface area contributed by atoms with E-state index in [1.807, 2.05) is 0 Å². The molecule has 0 radical (unpaired) electrons. The number of benzene rings is 1. The molecule has 8 heteroatoms. The number of hydrogen-bond donors (Lipinski definition) is 2. The molecule has 2 rings (SSSR count). The van der Waals surface area contributed by atoms with Gasteiger partial charge in [-0.1, -0.05) is 53.1 Å².